The number of hydrogen-bond acceptors (Lipinski definition) is 5. The zero-order valence-electron chi connectivity index (χ0n) is 13.7. The average Bonchev–Trinajstić information content (AvgIpc) is 3.12. The number of carbonyl (C=O) groups is 3. The smallest absolute Gasteiger partial charge is 0.414 e. The maximum atomic E-state index is 12.6. The monoisotopic (exact) mass is 351 g/mol. The second-order valence-corrected chi connectivity index (χ2v) is 5.71. The van der Waals surface area contributed by atoms with Gasteiger partial charge in [-0.3, -0.25) is 9.69 Å². The number of anilines is 2. The van der Waals surface area contributed by atoms with Gasteiger partial charge in [-0.05, 0) is 23.8 Å². The summed E-state index contributed by atoms with van der Waals surface area (Å²) in [4.78, 5) is 38.0. The van der Waals surface area contributed by atoms with E-state index >= 15 is 0 Å². The van der Waals surface area contributed by atoms with Crippen LogP contribution in [0.1, 0.15) is 5.56 Å². The molecule has 3 rings (SSSR count). The van der Waals surface area contributed by atoms with Crippen LogP contribution in [0.4, 0.5) is 25.4 Å². The lowest BCUT2D eigenvalue weighted by molar-refractivity contribution is -0.117. The molecule has 0 aromatic heterocycles. The first-order chi connectivity index (χ1) is 12.0. The quantitative estimate of drug-likeness (QED) is 0.862. The summed E-state index contributed by atoms with van der Waals surface area (Å²) < 4.78 is 22.3. The van der Waals surface area contributed by atoms with E-state index in [0.29, 0.717) is 11.4 Å². The summed E-state index contributed by atoms with van der Waals surface area (Å²) in [6.45, 7) is -0.176. The molecule has 1 atom stereocenters. The van der Waals surface area contributed by atoms with Gasteiger partial charge in [0.25, 0.3) is 0 Å². The molecular formula is C16H18FN3O5. The number of fused-ring (bicyclic) bond motifs is 1. The van der Waals surface area contributed by atoms with Crippen LogP contribution in [0.25, 0.3) is 0 Å². The van der Waals surface area contributed by atoms with E-state index < -0.39 is 25.0 Å². The molecule has 1 N–H and O–H groups in total. The second kappa shape index (κ2) is 6.96. The van der Waals surface area contributed by atoms with Gasteiger partial charge in [-0.1, -0.05) is 0 Å². The number of alkyl carbamates (subject to hydrolysis) is 1. The van der Waals surface area contributed by atoms with Crippen LogP contribution in [0.15, 0.2) is 18.2 Å². The minimum absolute atomic E-state index is 0.0260. The van der Waals surface area contributed by atoms with Crippen molar-refractivity contribution in [1.29, 1.82) is 0 Å². The van der Waals surface area contributed by atoms with Gasteiger partial charge in [0.1, 0.15) is 12.8 Å². The zero-order chi connectivity index (χ0) is 18.0. The fourth-order valence-electron chi connectivity index (χ4n) is 2.98. The second-order valence-electron chi connectivity index (χ2n) is 5.71. The molecule has 0 aliphatic carbocycles. The van der Waals surface area contributed by atoms with Crippen molar-refractivity contribution >= 4 is 29.5 Å². The summed E-state index contributed by atoms with van der Waals surface area (Å²) in [7, 11) is 1.25. The van der Waals surface area contributed by atoms with Crippen LogP contribution in [0.2, 0.25) is 0 Å². The number of benzene rings is 1. The Labute approximate surface area is 143 Å². The Bertz CT molecular complexity index is 711. The maximum Gasteiger partial charge on any atom is 0.414 e. The van der Waals surface area contributed by atoms with E-state index in [-0.39, 0.29) is 32.0 Å². The number of ether oxygens (including phenoxy) is 2. The first kappa shape index (κ1) is 17.0. The predicted octanol–water partition coefficient (Wildman–Crippen LogP) is 1.23. The fraction of sp³-hybridized carbons (Fsp3) is 0.438. The van der Waals surface area contributed by atoms with Crippen molar-refractivity contribution in [2.24, 2.45) is 0 Å². The van der Waals surface area contributed by atoms with E-state index in [2.05, 4.69) is 10.1 Å². The van der Waals surface area contributed by atoms with Crippen LogP contribution < -0.4 is 15.1 Å². The normalized spacial score (nSPS) is 19.0. The van der Waals surface area contributed by atoms with Crippen molar-refractivity contribution < 1.29 is 28.2 Å². The van der Waals surface area contributed by atoms with Crippen LogP contribution in [-0.2, 0) is 20.7 Å². The van der Waals surface area contributed by atoms with E-state index in [1.807, 2.05) is 0 Å². The molecule has 1 aromatic rings. The number of amides is 3. The summed E-state index contributed by atoms with van der Waals surface area (Å²) in [5.41, 5.74) is 2.02. The molecule has 0 spiro atoms. The SMILES string of the molecule is COC(=O)NC[C@H]1CN(c2ccc3c(c2)CC(=O)N3CCF)C(=O)O1. The van der Waals surface area contributed by atoms with Crippen LogP contribution in [0.3, 0.4) is 0 Å². The number of methoxy groups -OCH3 is 1. The van der Waals surface area contributed by atoms with Crippen molar-refractivity contribution in [1.82, 2.24) is 5.32 Å². The Balaban J connectivity index is 1.71. The van der Waals surface area contributed by atoms with E-state index in [0.717, 1.165) is 5.56 Å². The number of nitrogens with zero attached hydrogens (tertiary/aromatic N) is 2. The van der Waals surface area contributed by atoms with Crippen molar-refractivity contribution in [3.8, 4) is 0 Å². The minimum Gasteiger partial charge on any atom is -0.453 e. The van der Waals surface area contributed by atoms with Crippen molar-refractivity contribution in [2.45, 2.75) is 12.5 Å². The van der Waals surface area contributed by atoms with Gasteiger partial charge < -0.3 is 19.7 Å². The Morgan fingerprint density at radius 1 is 1.44 bits per heavy atom. The van der Waals surface area contributed by atoms with E-state index in [4.69, 9.17) is 4.74 Å². The highest BCUT2D eigenvalue weighted by Gasteiger charge is 2.34. The number of alkyl halides is 1. The molecule has 8 nitrogen and oxygen atoms in total. The van der Waals surface area contributed by atoms with Gasteiger partial charge in [0.05, 0.1) is 33.2 Å². The molecule has 1 aromatic carbocycles. The van der Waals surface area contributed by atoms with Gasteiger partial charge >= 0.3 is 12.2 Å². The van der Waals surface area contributed by atoms with E-state index in [1.54, 1.807) is 18.2 Å². The van der Waals surface area contributed by atoms with Gasteiger partial charge in [0.15, 0.2) is 0 Å². The lowest BCUT2D eigenvalue weighted by Crippen LogP contribution is -2.34. The Hall–Kier alpha value is -2.84. The molecule has 1 fully saturated rings. The predicted molar refractivity (Wildman–Crippen MR) is 86.5 cm³/mol. The molecule has 134 valence electrons. The maximum absolute atomic E-state index is 12.6. The highest BCUT2D eigenvalue weighted by atomic mass is 19.1. The van der Waals surface area contributed by atoms with Gasteiger partial charge in [-0.2, -0.15) is 0 Å². The lowest BCUT2D eigenvalue weighted by atomic mass is 10.1. The topological polar surface area (TPSA) is 88.2 Å². The van der Waals surface area contributed by atoms with Crippen molar-refractivity contribution in [3.63, 3.8) is 0 Å². The van der Waals surface area contributed by atoms with Crippen LogP contribution in [0, 0.1) is 0 Å². The molecule has 0 saturated carbocycles. The Morgan fingerprint density at radius 2 is 2.24 bits per heavy atom. The molecule has 2 heterocycles. The van der Waals surface area contributed by atoms with Gasteiger partial charge in [0, 0.05) is 11.4 Å². The van der Waals surface area contributed by atoms with Crippen molar-refractivity contribution in [2.75, 3.05) is 43.2 Å². The Kier molecular flexibility index (Phi) is 4.73. The highest BCUT2D eigenvalue weighted by Crippen LogP contribution is 2.33. The third kappa shape index (κ3) is 3.35. The highest BCUT2D eigenvalue weighted by molar-refractivity contribution is 6.02. The lowest BCUT2D eigenvalue weighted by Gasteiger charge is -2.17. The van der Waals surface area contributed by atoms with Gasteiger partial charge in [0.2, 0.25) is 5.91 Å². The first-order valence-corrected chi connectivity index (χ1v) is 7.82. The van der Waals surface area contributed by atoms with Crippen LogP contribution in [-0.4, -0.2) is 57.6 Å². The average molecular weight is 351 g/mol. The van der Waals surface area contributed by atoms with E-state index in [1.165, 1.54) is 16.9 Å². The fourth-order valence-corrected chi connectivity index (χ4v) is 2.98. The summed E-state index contributed by atoms with van der Waals surface area (Å²) in [6, 6.07) is 5.14. The molecule has 0 unspecified atom stereocenters. The molecule has 0 radical (unpaired) electrons. The summed E-state index contributed by atoms with van der Waals surface area (Å²) in [5.74, 6) is -0.158. The molecule has 1 saturated heterocycles. The third-order valence-corrected chi connectivity index (χ3v) is 4.15. The molecule has 9 heteroatoms. The van der Waals surface area contributed by atoms with E-state index in [9.17, 15) is 18.8 Å². The Morgan fingerprint density at radius 3 is 2.96 bits per heavy atom. The molecule has 25 heavy (non-hydrogen) atoms. The first-order valence-electron chi connectivity index (χ1n) is 7.82. The molecule has 0 bridgehead atoms. The number of hydrogen-bond donors (Lipinski definition) is 1. The summed E-state index contributed by atoms with van der Waals surface area (Å²) in [6.07, 6.45) is -1.44. The van der Waals surface area contributed by atoms with Gasteiger partial charge in [-0.15, -0.1) is 0 Å². The number of rotatable bonds is 5. The molecular weight excluding hydrogens is 333 g/mol. The number of carbonyl (C=O) groups excluding carboxylic acids is 3. The molecule has 2 aliphatic heterocycles. The number of cyclic esters (lactones) is 1. The molecule has 2 aliphatic rings. The van der Waals surface area contributed by atoms with Crippen LogP contribution >= 0.6 is 0 Å². The number of nitrogens with one attached hydrogen (secondary N) is 1. The van der Waals surface area contributed by atoms with Crippen molar-refractivity contribution in [3.05, 3.63) is 23.8 Å². The van der Waals surface area contributed by atoms with Gasteiger partial charge in [-0.25, -0.2) is 14.0 Å². The standard InChI is InChI=1S/C16H18FN3O5/c1-24-15(22)18-8-12-9-20(16(23)25-12)11-2-3-13-10(6-11)7-14(21)19(13)5-4-17/h2-3,6,12H,4-5,7-9H2,1H3,(H,18,22)/t12-/m0/s1. The summed E-state index contributed by atoms with van der Waals surface area (Å²) in [5, 5.41) is 2.48. The summed E-state index contributed by atoms with van der Waals surface area (Å²) >= 11 is 0. The zero-order valence-corrected chi connectivity index (χ0v) is 13.7. The largest absolute Gasteiger partial charge is 0.453 e. The van der Waals surface area contributed by atoms with Crippen LogP contribution in [0.5, 0.6) is 0 Å². The molecule has 3 amide bonds. The third-order valence-electron chi connectivity index (χ3n) is 4.15. The number of halogens is 1. The minimum atomic E-state index is -0.611.